The summed E-state index contributed by atoms with van der Waals surface area (Å²) in [6.45, 7) is 9.32. The van der Waals surface area contributed by atoms with Crippen LogP contribution in [0.15, 0.2) is 16.5 Å². The van der Waals surface area contributed by atoms with E-state index in [0.29, 0.717) is 63.8 Å². The summed E-state index contributed by atoms with van der Waals surface area (Å²) in [6, 6.07) is 0. The number of rotatable bonds is 2. The number of halogens is 1. The summed E-state index contributed by atoms with van der Waals surface area (Å²) < 4.78 is 10.9. The first kappa shape index (κ1) is 21.0. The maximum absolute atomic E-state index is 12.3. The zero-order chi connectivity index (χ0) is 20.5. The van der Waals surface area contributed by atoms with Crippen molar-refractivity contribution < 1.29 is 14.3 Å². The smallest absolute Gasteiger partial charge is 0.410 e. The van der Waals surface area contributed by atoms with E-state index in [9.17, 15) is 4.79 Å². The molecule has 0 aromatic heterocycles. The predicted octanol–water partition coefficient (Wildman–Crippen LogP) is 0.947. The number of nitrogens with one attached hydrogen (secondary N) is 1. The molecule has 3 heterocycles. The van der Waals surface area contributed by atoms with Crippen molar-refractivity contribution in [2.75, 3.05) is 39.4 Å². The summed E-state index contributed by atoms with van der Waals surface area (Å²) in [5, 5.41) is 3.29. The van der Waals surface area contributed by atoms with Gasteiger partial charge in [-0.25, -0.2) is 9.79 Å². The number of likely N-dealkylation sites (tertiary alicyclic amines) is 1. The van der Waals surface area contributed by atoms with E-state index in [1.807, 2.05) is 20.8 Å². The van der Waals surface area contributed by atoms with Gasteiger partial charge in [0, 0.05) is 32.1 Å². The molecule has 10 heteroatoms. The third-order valence-electron chi connectivity index (χ3n) is 5.29. The Hall–Kier alpha value is -1.71. The van der Waals surface area contributed by atoms with Crippen LogP contribution < -0.4 is 16.8 Å². The third kappa shape index (κ3) is 4.47. The second kappa shape index (κ2) is 7.96. The van der Waals surface area contributed by atoms with E-state index in [0.717, 1.165) is 0 Å². The summed E-state index contributed by atoms with van der Waals surface area (Å²) in [5.41, 5.74) is 12.1. The number of ether oxygens (including phenoxy) is 2. The molecule has 9 nitrogen and oxygen atoms in total. The summed E-state index contributed by atoms with van der Waals surface area (Å²) in [7, 11) is 0. The first-order chi connectivity index (χ1) is 13.1. The van der Waals surface area contributed by atoms with Crippen LogP contribution in [0.4, 0.5) is 4.79 Å². The molecular formula is C18H31ClN6O3. The number of nitrogens with zero attached hydrogens (tertiary/aromatic N) is 3. The molecule has 1 amide bonds. The first-order valence-corrected chi connectivity index (χ1v) is 10.1. The largest absolute Gasteiger partial charge is 0.444 e. The molecule has 5 N–H and O–H groups in total. The number of piperidine rings is 1. The Morgan fingerprint density at radius 2 is 1.89 bits per heavy atom. The number of carbonyl (C=O) groups is 1. The molecular weight excluding hydrogens is 384 g/mol. The Labute approximate surface area is 171 Å². The predicted molar refractivity (Wildman–Crippen MR) is 107 cm³/mol. The highest BCUT2D eigenvalue weighted by atomic mass is 35.5. The quantitative estimate of drug-likeness (QED) is 0.575. The van der Waals surface area contributed by atoms with Gasteiger partial charge in [-0.1, -0.05) is 0 Å². The molecule has 3 aliphatic heterocycles. The minimum absolute atomic E-state index is 0.0296. The van der Waals surface area contributed by atoms with Gasteiger partial charge in [0.1, 0.15) is 11.4 Å². The van der Waals surface area contributed by atoms with Crippen LogP contribution in [0.3, 0.4) is 0 Å². The Balaban J connectivity index is 1.72. The zero-order valence-electron chi connectivity index (χ0n) is 16.8. The molecule has 3 aliphatic rings. The number of morpholine rings is 1. The Bertz CT molecular complexity index is 663. The second-order valence-corrected chi connectivity index (χ2v) is 8.81. The fraction of sp³-hybridized carbons (Fsp3) is 0.778. The van der Waals surface area contributed by atoms with E-state index in [-0.39, 0.29) is 17.3 Å². The number of carbonyl (C=O) groups excluding carboxylic acids is 1. The maximum atomic E-state index is 12.3. The van der Waals surface area contributed by atoms with Crippen molar-refractivity contribution >= 4 is 23.0 Å². The highest BCUT2D eigenvalue weighted by molar-refractivity contribution is 6.65. The van der Waals surface area contributed by atoms with Gasteiger partial charge in [0.2, 0.25) is 0 Å². The molecule has 1 atom stereocenters. The number of amides is 1. The summed E-state index contributed by atoms with van der Waals surface area (Å²) in [6.07, 6.45) is 1.03. The lowest BCUT2D eigenvalue weighted by Gasteiger charge is -2.44. The van der Waals surface area contributed by atoms with Crippen molar-refractivity contribution in [3.05, 3.63) is 11.5 Å². The standard InChI is InChI=1S/C18H31ClN6O3/c1-17(2,3)28-16(26)25-6-4-12(5-7-25)18(21)13(20)14(22-15(19)23-18)24-8-10-27-11-9-24/h12H,4-11,20-21H2,1-3H3,(H,22,23). The zero-order valence-corrected chi connectivity index (χ0v) is 17.6. The van der Waals surface area contributed by atoms with E-state index in [2.05, 4.69) is 15.2 Å². The van der Waals surface area contributed by atoms with E-state index >= 15 is 0 Å². The lowest BCUT2D eigenvalue weighted by Crippen LogP contribution is -2.59. The molecule has 158 valence electrons. The molecule has 3 rings (SSSR count). The fourth-order valence-electron chi connectivity index (χ4n) is 3.78. The second-order valence-electron chi connectivity index (χ2n) is 8.46. The number of hydrogen-bond donors (Lipinski definition) is 3. The lowest BCUT2D eigenvalue weighted by molar-refractivity contribution is 0.0155. The number of aliphatic imine (C=N–C) groups is 1. The van der Waals surface area contributed by atoms with Crippen LogP contribution in [-0.2, 0) is 9.47 Å². The van der Waals surface area contributed by atoms with Crippen molar-refractivity contribution in [1.82, 2.24) is 15.1 Å². The van der Waals surface area contributed by atoms with Crippen LogP contribution in [0, 0.1) is 5.92 Å². The number of nitrogens with two attached hydrogens (primary N) is 2. The van der Waals surface area contributed by atoms with Gasteiger partial charge in [-0.15, -0.1) is 0 Å². The molecule has 28 heavy (non-hydrogen) atoms. The normalized spacial score (nSPS) is 27.4. The highest BCUT2D eigenvalue weighted by Gasteiger charge is 2.45. The van der Waals surface area contributed by atoms with Crippen LogP contribution >= 0.6 is 11.6 Å². The number of amidine groups is 1. The minimum Gasteiger partial charge on any atom is -0.444 e. The van der Waals surface area contributed by atoms with Crippen molar-refractivity contribution in [1.29, 1.82) is 0 Å². The molecule has 0 radical (unpaired) electrons. The van der Waals surface area contributed by atoms with Gasteiger partial charge in [0.05, 0.1) is 18.9 Å². The van der Waals surface area contributed by atoms with Crippen LogP contribution in [0.25, 0.3) is 0 Å². The van der Waals surface area contributed by atoms with Crippen molar-refractivity contribution in [3.63, 3.8) is 0 Å². The van der Waals surface area contributed by atoms with Crippen molar-refractivity contribution in [2.45, 2.75) is 44.9 Å². The Morgan fingerprint density at radius 1 is 1.29 bits per heavy atom. The van der Waals surface area contributed by atoms with Crippen LogP contribution in [0.1, 0.15) is 33.6 Å². The van der Waals surface area contributed by atoms with Crippen LogP contribution in [-0.4, -0.2) is 71.8 Å². The monoisotopic (exact) mass is 414 g/mol. The average molecular weight is 415 g/mol. The third-order valence-corrected chi connectivity index (χ3v) is 5.47. The van der Waals surface area contributed by atoms with Crippen molar-refractivity contribution in [2.24, 2.45) is 22.4 Å². The molecule has 2 saturated heterocycles. The van der Waals surface area contributed by atoms with Gasteiger partial charge < -0.3 is 36.1 Å². The SMILES string of the molecule is CC(C)(C)OC(=O)N1CCC(C2(N)N=C(Cl)NC(N3CCOCC3)=C2N)CC1. The highest BCUT2D eigenvalue weighted by Crippen LogP contribution is 2.35. The lowest BCUT2D eigenvalue weighted by atomic mass is 9.82. The molecule has 0 aromatic rings. The van der Waals surface area contributed by atoms with E-state index in [1.54, 1.807) is 4.90 Å². The molecule has 0 spiro atoms. The number of hydrogen-bond acceptors (Lipinski definition) is 8. The summed E-state index contributed by atoms with van der Waals surface area (Å²) in [5.74, 6) is 0.679. The van der Waals surface area contributed by atoms with Gasteiger partial charge in [-0.3, -0.25) is 0 Å². The topological polar surface area (TPSA) is 118 Å². The van der Waals surface area contributed by atoms with Crippen LogP contribution in [0.2, 0.25) is 0 Å². The Morgan fingerprint density at radius 3 is 2.46 bits per heavy atom. The molecule has 1 unspecified atom stereocenters. The van der Waals surface area contributed by atoms with E-state index in [1.165, 1.54) is 0 Å². The van der Waals surface area contributed by atoms with Gasteiger partial charge in [0.25, 0.3) is 0 Å². The van der Waals surface area contributed by atoms with E-state index < -0.39 is 11.3 Å². The van der Waals surface area contributed by atoms with Crippen LogP contribution in [0.5, 0.6) is 0 Å². The molecule has 2 fully saturated rings. The van der Waals surface area contributed by atoms with Crippen molar-refractivity contribution in [3.8, 4) is 0 Å². The molecule has 0 aromatic carbocycles. The first-order valence-electron chi connectivity index (χ1n) is 9.72. The van der Waals surface area contributed by atoms with Gasteiger partial charge in [-0.05, 0) is 45.2 Å². The van der Waals surface area contributed by atoms with Gasteiger partial charge in [-0.2, -0.15) is 0 Å². The maximum Gasteiger partial charge on any atom is 0.410 e. The molecule has 0 saturated carbocycles. The van der Waals surface area contributed by atoms with Gasteiger partial charge in [0.15, 0.2) is 11.0 Å². The van der Waals surface area contributed by atoms with E-state index in [4.69, 9.17) is 32.5 Å². The molecule has 0 bridgehead atoms. The molecule has 0 aliphatic carbocycles. The minimum atomic E-state index is -1.10. The summed E-state index contributed by atoms with van der Waals surface area (Å²) >= 11 is 6.28. The Kier molecular flexibility index (Phi) is 5.97. The average Bonchev–Trinajstić information content (AvgIpc) is 2.64. The van der Waals surface area contributed by atoms with Gasteiger partial charge >= 0.3 is 6.09 Å². The summed E-state index contributed by atoms with van der Waals surface area (Å²) in [4.78, 5) is 20.6. The fourth-order valence-corrected chi connectivity index (χ4v) is 4.01.